The van der Waals surface area contributed by atoms with E-state index in [1.54, 1.807) is 24.3 Å². The fourth-order valence-electron chi connectivity index (χ4n) is 3.30. The molecule has 0 heterocycles. The third-order valence-electron chi connectivity index (χ3n) is 5.19. The minimum Gasteiger partial charge on any atom is -0.453 e. The normalized spacial score (nSPS) is 13.5. The van der Waals surface area contributed by atoms with Crippen LogP contribution in [0.5, 0.6) is 0 Å². The van der Waals surface area contributed by atoms with Crippen molar-refractivity contribution >= 4 is 5.97 Å². The molecule has 164 valence electrons. The summed E-state index contributed by atoms with van der Waals surface area (Å²) < 4.78 is 5.49. The van der Waals surface area contributed by atoms with E-state index >= 15 is 0 Å². The highest BCUT2D eigenvalue weighted by molar-refractivity contribution is 5.89. The molecule has 1 aromatic rings. The zero-order valence-corrected chi connectivity index (χ0v) is 18.2. The zero-order chi connectivity index (χ0) is 21.2. The molecule has 0 unspecified atom stereocenters. The SMILES string of the molecule is CCCCCCCCCCCCC/C=C/[C@@H](OC(=O)c1ccccc1)[C@@H](N)CO. The van der Waals surface area contributed by atoms with E-state index in [1.807, 2.05) is 18.2 Å². The lowest BCUT2D eigenvalue weighted by atomic mass is 10.0. The van der Waals surface area contributed by atoms with E-state index < -0.39 is 18.1 Å². The number of benzene rings is 1. The van der Waals surface area contributed by atoms with Gasteiger partial charge in [0.15, 0.2) is 0 Å². The Kier molecular flexibility index (Phi) is 15.1. The van der Waals surface area contributed by atoms with Crippen molar-refractivity contribution in [1.82, 2.24) is 0 Å². The molecule has 2 atom stereocenters. The van der Waals surface area contributed by atoms with Gasteiger partial charge < -0.3 is 15.6 Å². The van der Waals surface area contributed by atoms with Crippen LogP contribution in [-0.4, -0.2) is 29.8 Å². The first-order chi connectivity index (χ1) is 14.2. The zero-order valence-electron chi connectivity index (χ0n) is 18.2. The number of carbonyl (C=O) groups is 1. The van der Waals surface area contributed by atoms with Gasteiger partial charge in [-0.2, -0.15) is 0 Å². The second-order valence-corrected chi connectivity index (χ2v) is 7.83. The van der Waals surface area contributed by atoms with E-state index in [-0.39, 0.29) is 6.61 Å². The van der Waals surface area contributed by atoms with E-state index in [4.69, 9.17) is 10.5 Å². The van der Waals surface area contributed by atoms with Gasteiger partial charge in [-0.1, -0.05) is 95.4 Å². The summed E-state index contributed by atoms with van der Waals surface area (Å²) in [7, 11) is 0. The third-order valence-corrected chi connectivity index (χ3v) is 5.19. The molecule has 1 aromatic carbocycles. The van der Waals surface area contributed by atoms with Crippen LogP contribution < -0.4 is 5.73 Å². The standard InChI is InChI=1S/C25H41NO3/c1-2-3-4-5-6-7-8-9-10-11-12-13-17-20-24(23(26)21-27)29-25(28)22-18-15-14-16-19-22/h14-20,23-24,27H,2-13,21,26H2,1H3/b20-17+/t23-,24+/m0/s1. The molecule has 0 saturated carbocycles. The number of ether oxygens (including phenoxy) is 1. The molecule has 0 aromatic heterocycles. The fourth-order valence-corrected chi connectivity index (χ4v) is 3.30. The Labute approximate surface area is 177 Å². The second-order valence-electron chi connectivity index (χ2n) is 7.83. The Hall–Kier alpha value is -1.65. The van der Waals surface area contributed by atoms with Crippen LogP contribution in [0.1, 0.15) is 94.3 Å². The van der Waals surface area contributed by atoms with Crippen LogP contribution in [0, 0.1) is 0 Å². The number of nitrogens with two attached hydrogens (primary N) is 1. The highest BCUT2D eigenvalue weighted by Gasteiger charge is 2.19. The number of allylic oxidation sites excluding steroid dienone is 1. The summed E-state index contributed by atoms with van der Waals surface area (Å²) in [6.45, 7) is 2.03. The summed E-state index contributed by atoms with van der Waals surface area (Å²) in [6.07, 6.45) is 18.7. The number of rotatable bonds is 17. The molecule has 29 heavy (non-hydrogen) atoms. The lowest BCUT2D eigenvalue weighted by Crippen LogP contribution is -2.39. The molecule has 0 radical (unpaired) electrons. The molecule has 3 N–H and O–H groups in total. The Bertz CT molecular complexity index is 544. The Balaban J connectivity index is 2.17. The van der Waals surface area contributed by atoms with Crippen molar-refractivity contribution in [2.75, 3.05) is 6.61 Å². The average Bonchev–Trinajstić information content (AvgIpc) is 2.76. The Morgan fingerprint density at radius 2 is 1.52 bits per heavy atom. The quantitative estimate of drug-likeness (QED) is 0.196. The Morgan fingerprint density at radius 3 is 2.07 bits per heavy atom. The van der Waals surface area contributed by atoms with Gasteiger partial charge in [-0.3, -0.25) is 0 Å². The molecule has 0 spiro atoms. The number of aliphatic hydroxyl groups is 1. The van der Waals surface area contributed by atoms with Gasteiger partial charge >= 0.3 is 5.97 Å². The van der Waals surface area contributed by atoms with Crippen molar-refractivity contribution in [3.05, 3.63) is 48.0 Å². The van der Waals surface area contributed by atoms with Crippen LogP contribution in [0.4, 0.5) is 0 Å². The van der Waals surface area contributed by atoms with E-state index in [9.17, 15) is 9.90 Å². The minimum absolute atomic E-state index is 0.227. The first-order valence-electron chi connectivity index (χ1n) is 11.5. The lowest BCUT2D eigenvalue weighted by molar-refractivity contribution is 0.0303. The molecule has 0 aliphatic heterocycles. The van der Waals surface area contributed by atoms with Gasteiger partial charge in [-0.05, 0) is 31.1 Å². The number of unbranched alkanes of at least 4 members (excludes halogenated alkanes) is 11. The maximum Gasteiger partial charge on any atom is 0.338 e. The minimum atomic E-state index is -0.615. The molecule has 0 aliphatic rings. The van der Waals surface area contributed by atoms with Crippen molar-refractivity contribution in [3.8, 4) is 0 Å². The predicted octanol–water partition coefficient (Wildman–Crippen LogP) is 5.79. The third kappa shape index (κ3) is 12.5. The van der Waals surface area contributed by atoms with Crippen molar-refractivity contribution in [1.29, 1.82) is 0 Å². The van der Waals surface area contributed by atoms with Gasteiger partial charge in [0.05, 0.1) is 18.2 Å². The van der Waals surface area contributed by atoms with Crippen molar-refractivity contribution in [3.63, 3.8) is 0 Å². The highest BCUT2D eigenvalue weighted by atomic mass is 16.5. The van der Waals surface area contributed by atoms with Gasteiger partial charge in [0.2, 0.25) is 0 Å². The van der Waals surface area contributed by atoms with Crippen LogP contribution in [0.2, 0.25) is 0 Å². The molecule has 0 aliphatic carbocycles. The van der Waals surface area contributed by atoms with Gasteiger partial charge in [0.1, 0.15) is 6.10 Å². The Morgan fingerprint density at radius 1 is 0.966 bits per heavy atom. The summed E-state index contributed by atoms with van der Waals surface area (Å²) >= 11 is 0. The van der Waals surface area contributed by atoms with E-state index in [2.05, 4.69) is 6.92 Å². The topological polar surface area (TPSA) is 72.5 Å². The van der Waals surface area contributed by atoms with Crippen molar-refractivity contribution in [2.24, 2.45) is 5.73 Å². The number of carbonyl (C=O) groups excluding carboxylic acids is 1. The van der Waals surface area contributed by atoms with Crippen LogP contribution in [0.25, 0.3) is 0 Å². The summed E-state index contributed by atoms with van der Waals surface area (Å²) in [4.78, 5) is 12.2. The number of aliphatic hydroxyl groups excluding tert-OH is 1. The summed E-state index contributed by atoms with van der Waals surface area (Å²) in [5, 5.41) is 9.34. The number of hydrogen-bond donors (Lipinski definition) is 2. The first kappa shape index (κ1) is 25.4. The first-order valence-corrected chi connectivity index (χ1v) is 11.5. The molecular formula is C25H41NO3. The molecule has 4 nitrogen and oxygen atoms in total. The molecular weight excluding hydrogens is 362 g/mol. The molecule has 1 rings (SSSR count). The van der Waals surface area contributed by atoms with Crippen molar-refractivity contribution in [2.45, 2.75) is 96.1 Å². The van der Waals surface area contributed by atoms with Gasteiger partial charge in [0.25, 0.3) is 0 Å². The highest BCUT2D eigenvalue weighted by Crippen LogP contribution is 2.13. The maximum atomic E-state index is 12.2. The van der Waals surface area contributed by atoms with Crippen LogP contribution in [0.15, 0.2) is 42.5 Å². The summed E-state index contributed by atoms with van der Waals surface area (Å²) in [5.41, 5.74) is 6.40. The number of hydrogen-bond acceptors (Lipinski definition) is 4. The summed E-state index contributed by atoms with van der Waals surface area (Å²) in [5.74, 6) is -0.418. The van der Waals surface area contributed by atoms with Gasteiger partial charge in [0, 0.05) is 0 Å². The second kappa shape index (κ2) is 17.2. The molecule has 0 fully saturated rings. The van der Waals surface area contributed by atoms with Crippen molar-refractivity contribution < 1.29 is 14.6 Å². The largest absolute Gasteiger partial charge is 0.453 e. The summed E-state index contributed by atoms with van der Waals surface area (Å²) in [6, 6.07) is 8.23. The predicted molar refractivity (Wildman–Crippen MR) is 121 cm³/mol. The van der Waals surface area contributed by atoms with Crippen LogP contribution in [-0.2, 0) is 4.74 Å². The van der Waals surface area contributed by atoms with E-state index in [0.29, 0.717) is 5.56 Å². The monoisotopic (exact) mass is 403 g/mol. The van der Waals surface area contributed by atoms with Crippen LogP contribution in [0.3, 0.4) is 0 Å². The molecule has 0 amide bonds. The van der Waals surface area contributed by atoms with E-state index in [0.717, 1.165) is 12.8 Å². The lowest BCUT2D eigenvalue weighted by Gasteiger charge is -2.19. The number of esters is 1. The molecule has 0 bridgehead atoms. The van der Waals surface area contributed by atoms with Gasteiger partial charge in [-0.15, -0.1) is 0 Å². The molecule has 0 saturated heterocycles. The average molecular weight is 404 g/mol. The molecule has 4 heteroatoms. The smallest absolute Gasteiger partial charge is 0.338 e. The fraction of sp³-hybridized carbons (Fsp3) is 0.640. The van der Waals surface area contributed by atoms with E-state index in [1.165, 1.54) is 64.2 Å². The van der Waals surface area contributed by atoms with Gasteiger partial charge in [-0.25, -0.2) is 4.79 Å². The van der Waals surface area contributed by atoms with Crippen LogP contribution >= 0.6 is 0 Å². The maximum absolute atomic E-state index is 12.2.